The van der Waals surface area contributed by atoms with E-state index >= 15 is 0 Å². The minimum Gasteiger partial charge on any atom is -0.399 e. The molecule has 0 fully saturated rings. The van der Waals surface area contributed by atoms with Crippen LogP contribution < -0.4 is 5.73 Å². The number of nitrogens with zero attached hydrogens (tertiary/aromatic N) is 3. The van der Waals surface area contributed by atoms with Gasteiger partial charge in [0, 0.05) is 18.7 Å². The second kappa shape index (κ2) is 4.99. The van der Waals surface area contributed by atoms with Crippen molar-refractivity contribution in [3.8, 4) is 0 Å². The Balaban J connectivity index is 2.13. The van der Waals surface area contributed by atoms with Crippen LogP contribution in [0.2, 0.25) is 0 Å². The lowest BCUT2D eigenvalue weighted by atomic mass is 10.1. The fourth-order valence-corrected chi connectivity index (χ4v) is 1.78. The summed E-state index contributed by atoms with van der Waals surface area (Å²) in [4.78, 5) is 0. The number of hydrogen-bond donors (Lipinski definition) is 1. The van der Waals surface area contributed by atoms with Crippen molar-refractivity contribution in [1.29, 1.82) is 0 Å². The van der Waals surface area contributed by atoms with Gasteiger partial charge in [-0.3, -0.25) is 0 Å². The van der Waals surface area contributed by atoms with E-state index in [-0.39, 0.29) is 0 Å². The van der Waals surface area contributed by atoms with E-state index in [1.807, 2.05) is 24.3 Å². The summed E-state index contributed by atoms with van der Waals surface area (Å²) in [6, 6.07) is 7.89. The predicted octanol–water partition coefficient (Wildman–Crippen LogP) is 2.11. The zero-order chi connectivity index (χ0) is 12.3. The molecule has 17 heavy (non-hydrogen) atoms. The Morgan fingerprint density at radius 3 is 2.59 bits per heavy atom. The normalized spacial score (nSPS) is 11.0. The highest BCUT2D eigenvalue weighted by Gasteiger charge is 2.06. The number of hydrogen-bond acceptors (Lipinski definition) is 3. The Bertz CT molecular complexity index is 470. The molecule has 0 radical (unpaired) electrons. The van der Waals surface area contributed by atoms with Gasteiger partial charge in [0.25, 0.3) is 0 Å². The Hall–Kier alpha value is -1.84. The van der Waals surface area contributed by atoms with Gasteiger partial charge in [-0.15, -0.1) is 10.2 Å². The average molecular weight is 230 g/mol. The van der Waals surface area contributed by atoms with Crippen molar-refractivity contribution in [2.24, 2.45) is 5.92 Å². The molecule has 0 amide bonds. The molecule has 0 saturated carbocycles. The van der Waals surface area contributed by atoms with Crippen LogP contribution in [0.1, 0.15) is 25.2 Å². The Morgan fingerprint density at radius 2 is 1.94 bits per heavy atom. The monoisotopic (exact) mass is 230 g/mol. The molecule has 0 aliphatic carbocycles. The van der Waals surface area contributed by atoms with E-state index in [4.69, 9.17) is 5.73 Å². The summed E-state index contributed by atoms with van der Waals surface area (Å²) in [6.07, 6.45) is 2.60. The van der Waals surface area contributed by atoms with Gasteiger partial charge >= 0.3 is 0 Å². The van der Waals surface area contributed by atoms with Crippen LogP contribution in [0.25, 0.3) is 0 Å². The first-order chi connectivity index (χ1) is 8.15. The van der Waals surface area contributed by atoms with Gasteiger partial charge < -0.3 is 10.3 Å². The summed E-state index contributed by atoms with van der Waals surface area (Å²) < 4.78 is 2.11. The first-order valence-electron chi connectivity index (χ1n) is 5.86. The molecule has 0 saturated heterocycles. The van der Waals surface area contributed by atoms with Gasteiger partial charge in [-0.1, -0.05) is 26.0 Å². The van der Waals surface area contributed by atoms with Crippen molar-refractivity contribution in [1.82, 2.24) is 14.8 Å². The van der Waals surface area contributed by atoms with Crippen LogP contribution in [0.15, 0.2) is 30.6 Å². The zero-order valence-corrected chi connectivity index (χ0v) is 10.3. The van der Waals surface area contributed by atoms with Gasteiger partial charge in [0.1, 0.15) is 12.2 Å². The van der Waals surface area contributed by atoms with Gasteiger partial charge in [-0.2, -0.15) is 0 Å². The molecule has 2 aromatic rings. The topological polar surface area (TPSA) is 56.7 Å². The second-order valence-electron chi connectivity index (χ2n) is 4.71. The van der Waals surface area contributed by atoms with Gasteiger partial charge in [0.2, 0.25) is 0 Å². The number of benzene rings is 1. The molecular weight excluding hydrogens is 212 g/mol. The Labute approximate surface area is 101 Å². The number of nitrogens with two attached hydrogens (primary N) is 1. The van der Waals surface area contributed by atoms with E-state index in [1.54, 1.807) is 6.33 Å². The molecule has 0 aliphatic rings. The lowest BCUT2D eigenvalue weighted by Crippen LogP contribution is -2.08. The van der Waals surface area contributed by atoms with Crippen molar-refractivity contribution in [3.05, 3.63) is 42.0 Å². The highest BCUT2D eigenvalue weighted by atomic mass is 15.3. The standard InChI is InChI=1S/C13H18N4/c1-10(2)8-17-9-15-16-13(17)7-11-3-5-12(14)6-4-11/h3-6,9-10H,7-8,14H2,1-2H3. The molecule has 1 heterocycles. The van der Waals surface area contributed by atoms with Gasteiger partial charge in [-0.25, -0.2) is 0 Å². The third kappa shape index (κ3) is 3.06. The molecule has 4 nitrogen and oxygen atoms in total. The first-order valence-corrected chi connectivity index (χ1v) is 5.86. The van der Waals surface area contributed by atoms with Crippen molar-refractivity contribution in [2.45, 2.75) is 26.8 Å². The molecule has 0 unspecified atom stereocenters. The average Bonchev–Trinajstić information content (AvgIpc) is 2.68. The molecule has 2 N–H and O–H groups in total. The molecule has 0 aliphatic heterocycles. The van der Waals surface area contributed by atoms with Gasteiger partial charge in [-0.05, 0) is 23.6 Å². The summed E-state index contributed by atoms with van der Waals surface area (Å²) in [5.41, 5.74) is 7.66. The number of nitrogen functional groups attached to an aromatic ring is 1. The van der Waals surface area contributed by atoms with Gasteiger partial charge in [0.05, 0.1) is 0 Å². The molecule has 2 rings (SSSR count). The second-order valence-corrected chi connectivity index (χ2v) is 4.71. The van der Waals surface area contributed by atoms with E-state index in [1.165, 1.54) is 5.56 Å². The summed E-state index contributed by atoms with van der Waals surface area (Å²) >= 11 is 0. The van der Waals surface area contributed by atoms with E-state index < -0.39 is 0 Å². The quantitative estimate of drug-likeness (QED) is 0.818. The maximum Gasteiger partial charge on any atom is 0.137 e. The van der Waals surface area contributed by atoms with Gasteiger partial charge in [0.15, 0.2) is 0 Å². The molecule has 1 aromatic carbocycles. The molecule has 90 valence electrons. The lowest BCUT2D eigenvalue weighted by Gasteiger charge is -2.09. The summed E-state index contributed by atoms with van der Waals surface area (Å²) in [6.45, 7) is 5.33. The smallest absolute Gasteiger partial charge is 0.137 e. The molecule has 0 atom stereocenters. The molecule has 4 heteroatoms. The van der Waals surface area contributed by atoms with E-state index in [2.05, 4.69) is 28.6 Å². The minimum atomic E-state index is 0.594. The lowest BCUT2D eigenvalue weighted by molar-refractivity contribution is 0.509. The van der Waals surface area contributed by atoms with Crippen LogP contribution >= 0.6 is 0 Å². The largest absolute Gasteiger partial charge is 0.399 e. The van der Waals surface area contributed by atoms with Crippen LogP contribution in [0.3, 0.4) is 0 Å². The van der Waals surface area contributed by atoms with Crippen LogP contribution in [-0.4, -0.2) is 14.8 Å². The third-order valence-electron chi connectivity index (χ3n) is 2.60. The van der Waals surface area contributed by atoms with Crippen molar-refractivity contribution < 1.29 is 0 Å². The molecule has 0 bridgehead atoms. The molecule has 0 spiro atoms. The fourth-order valence-electron chi connectivity index (χ4n) is 1.78. The third-order valence-corrected chi connectivity index (χ3v) is 2.60. The highest BCUT2D eigenvalue weighted by Crippen LogP contribution is 2.11. The summed E-state index contributed by atoms with van der Waals surface area (Å²) in [5, 5.41) is 8.15. The summed E-state index contributed by atoms with van der Waals surface area (Å²) in [7, 11) is 0. The number of rotatable bonds is 4. The van der Waals surface area contributed by atoms with Crippen LogP contribution in [0, 0.1) is 5.92 Å². The van der Waals surface area contributed by atoms with Crippen LogP contribution in [0.4, 0.5) is 5.69 Å². The summed E-state index contributed by atoms with van der Waals surface area (Å²) in [5.74, 6) is 1.60. The van der Waals surface area contributed by atoms with E-state index in [0.717, 1.165) is 24.5 Å². The molecule has 1 aromatic heterocycles. The maximum absolute atomic E-state index is 5.66. The van der Waals surface area contributed by atoms with Crippen LogP contribution in [-0.2, 0) is 13.0 Å². The fraction of sp³-hybridized carbons (Fsp3) is 0.385. The number of aromatic nitrogens is 3. The Morgan fingerprint density at radius 1 is 1.24 bits per heavy atom. The Kier molecular flexibility index (Phi) is 3.42. The van der Waals surface area contributed by atoms with Crippen LogP contribution in [0.5, 0.6) is 0 Å². The van der Waals surface area contributed by atoms with E-state index in [9.17, 15) is 0 Å². The molecular formula is C13H18N4. The minimum absolute atomic E-state index is 0.594. The zero-order valence-electron chi connectivity index (χ0n) is 10.3. The van der Waals surface area contributed by atoms with E-state index in [0.29, 0.717) is 5.92 Å². The highest BCUT2D eigenvalue weighted by molar-refractivity contribution is 5.39. The maximum atomic E-state index is 5.66. The van der Waals surface area contributed by atoms with Crippen molar-refractivity contribution in [2.75, 3.05) is 5.73 Å². The SMILES string of the molecule is CC(C)Cn1cnnc1Cc1ccc(N)cc1. The first kappa shape index (κ1) is 11.6. The number of anilines is 1. The van der Waals surface area contributed by atoms with Crippen molar-refractivity contribution in [3.63, 3.8) is 0 Å². The van der Waals surface area contributed by atoms with Crippen molar-refractivity contribution >= 4 is 5.69 Å². The predicted molar refractivity (Wildman–Crippen MR) is 68.5 cm³/mol.